The van der Waals surface area contributed by atoms with Crippen molar-refractivity contribution in [2.24, 2.45) is 0 Å². The molecule has 4 heterocycles. The van der Waals surface area contributed by atoms with Crippen LogP contribution < -0.4 is 0 Å². The maximum Gasteiger partial charge on any atom is 0.378 e. The number of carbonyl (C=O) groups excluding carboxylic acids is 6. The van der Waals surface area contributed by atoms with E-state index in [0.29, 0.717) is 53.1 Å². The molecule has 12 aromatic carbocycles. The molecule has 0 aliphatic heterocycles. The minimum Gasteiger partial charge on any atom is -0.507 e. The molecule has 0 saturated heterocycles. The van der Waals surface area contributed by atoms with Gasteiger partial charge in [0, 0.05) is 158 Å². The van der Waals surface area contributed by atoms with E-state index in [4.69, 9.17) is 5.11 Å². The molecule has 0 saturated carbocycles. The van der Waals surface area contributed by atoms with Gasteiger partial charge >= 0.3 is 17.9 Å². The van der Waals surface area contributed by atoms with Crippen molar-refractivity contribution in [1.29, 1.82) is 0 Å². The van der Waals surface area contributed by atoms with Crippen molar-refractivity contribution in [2.75, 3.05) is 14.2 Å². The first kappa shape index (κ1) is 89.1. The summed E-state index contributed by atoms with van der Waals surface area (Å²) in [5.74, 6) is -7.66. The fraction of sp³-hybridized carbons (Fsp3) is 0.123. The van der Waals surface area contributed by atoms with Crippen molar-refractivity contribution in [3.63, 3.8) is 0 Å². The third-order valence-electron chi connectivity index (χ3n) is 21.8. The average molecular weight is 1690 g/mol. The number of aliphatic hydroxyl groups is 7. The lowest BCUT2D eigenvalue weighted by Gasteiger charge is -2.18. The zero-order valence-electron chi connectivity index (χ0n) is 69.7. The van der Waals surface area contributed by atoms with Crippen LogP contribution in [0, 0.1) is 0 Å². The largest absolute Gasteiger partial charge is 0.507 e. The number of nitrogens with zero attached hydrogens (tertiary/aromatic N) is 4. The second kappa shape index (κ2) is 42.0. The first-order valence-electron chi connectivity index (χ1n) is 40.8. The molecule has 0 amide bonds. The number of methoxy groups -OCH3 is 2. The van der Waals surface area contributed by atoms with Gasteiger partial charge in [-0.15, -0.1) is 0 Å². The van der Waals surface area contributed by atoms with Gasteiger partial charge < -0.3 is 68.6 Å². The molecule has 0 aliphatic carbocycles. The Morgan fingerprint density at radius 2 is 0.535 bits per heavy atom. The number of aromatic nitrogens is 4. The number of ketones is 4. The highest BCUT2D eigenvalue weighted by Crippen LogP contribution is 2.37. The van der Waals surface area contributed by atoms with Gasteiger partial charge in [-0.2, -0.15) is 0 Å². The average Bonchev–Trinajstić information content (AvgIpc) is 1.65. The van der Waals surface area contributed by atoms with E-state index in [9.17, 15) is 69.3 Å². The van der Waals surface area contributed by atoms with Crippen molar-refractivity contribution >= 4 is 102 Å². The van der Waals surface area contributed by atoms with Crippen molar-refractivity contribution in [3.05, 3.63) is 447 Å². The van der Waals surface area contributed by atoms with Gasteiger partial charge in [0.1, 0.15) is 17.3 Å². The summed E-state index contributed by atoms with van der Waals surface area (Å²) < 4.78 is 16.8. The van der Waals surface area contributed by atoms with Crippen LogP contribution in [0.1, 0.15) is 125 Å². The molecule has 0 bridgehead atoms. The number of Topliss-reactive ketones (excluding diaryl/α,β-unsaturated/α-hetero) is 1. The molecular weight excluding hydrogens is 1600 g/mol. The van der Waals surface area contributed by atoms with Crippen LogP contribution in [0.3, 0.4) is 0 Å². The summed E-state index contributed by atoms with van der Waals surface area (Å²) in [4.78, 5) is 81.6. The second-order valence-electron chi connectivity index (χ2n) is 30.3. The number of aliphatic hydroxyl groups excluding tert-OH is 5. The Bertz CT molecular complexity index is 6600. The smallest absolute Gasteiger partial charge is 0.378 e. The Hall–Kier alpha value is -15.7. The van der Waals surface area contributed by atoms with Crippen LogP contribution in [-0.2, 0) is 77.3 Å². The molecule has 0 fully saturated rings. The summed E-state index contributed by atoms with van der Waals surface area (Å²) >= 11 is 0. The van der Waals surface area contributed by atoms with E-state index >= 15 is 0 Å². The Balaban J connectivity index is 0.000000146. The maximum atomic E-state index is 12.5. The summed E-state index contributed by atoms with van der Waals surface area (Å²) in [5.41, 5.74) is 17.3. The summed E-state index contributed by atoms with van der Waals surface area (Å²) in [6.45, 7) is 3.96. The lowest BCUT2D eigenvalue weighted by molar-refractivity contribution is -0.149. The Labute approximate surface area is 732 Å². The number of fused-ring (bicyclic) bond motifs is 4. The van der Waals surface area contributed by atoms with Crippen LogP contribution in [0.25, 0.3) is 60.9 Å². The molecule has 21 nitrogen and oxygen atoms in total. The van der Waals surface area contributed by atoms with Gasteiger partial charge in [-0.3, -0.25) is 19.2 Å². The van der Waals surface area contributed by atoms with Crippen LogP contribution in [0.5, 0.6) is 0 Å². The number of hydrogen-bond acceptors (Lipinski definition) is 16. The normalized spacial score (nSPS) is 11.6. The molecular formula is C106H92N4O17. The summed E-state index contributed by atoms with van der Waals surface area (Å²) in [7, 11) is 2.21. The molecule has 127 heavy (non-hydrogen) atoms. The van der Waals surface area contributed by atoms with E-state index in [0.717, 1.165) is 95.4 Å². The monoisotopic (exact) mass is 1690 g/mol. The lowest BCUT2D eigenvalue weighted by Crippen LogP contribution is -2.13. The first-order valence-corrected chi connectivity index (χ1v) is 40.8. The molecule has 0 unspecified atom stereocenters. The van der Waals surface area contributed by atoms with E-state index in [1.165, 1.54) is 45.5 Å². The fourth-order valence-corrected chi connectivity index (χ4v) is 15.5. The Morgan fingerprint density at radius 1 is 0.291 bits per heavy atom. The number of aliphatic carboxylic acids is 1. The van der Waals surface area contributed by atoms with E-state index in [1.54, 1.807) is 43.6 Å². The number of hydrogen-bond donors (Lipinski definition) is 8. The SMILES string of the molecule is CC(=O)c1cn(Cc2ccccc2)c2ccc(CC(c3ccccc3)c3ccccc3)cc12.COC(=O)C(=O)C=C(O)c1cn(Cc2ccccc2)c2ccc(C(O)O)cc12.COC(=O)C(=O)C=C(O)c1cn(Cc2ccccc2)c2ccc(CC(c3ccccc3)c3ccccc3)cc12.O=C(O)C(=O)C=C(O)c1cn(Cc2ccccc2)c2ccc(C(O)O)cc12. The van der Waals surface area contributed by atoms with Crippen LogP contribution in [0.2, 0.25) is 0 Å². The van der Waals surface area contributed by atoms with Crippen LogP contribution in [-0.4, -0.2) is 114 Å². The predicted molar refractivity (Wildman–Crippen MR) is 490 cm³/mol. The number of carbonyl (C=O) groups is 7. The van der Waals surface area contributed by atoms with Gasteiger partial charge in [0.15, 0.2) is 18.4 Å². The highest BCUT2D eigenvalue weighted by molar-refractivity contribution is 6.40. The van der Waals surface area contributed by atoms with Crippen molar-refractivity contribution in [3.8, 4) is 0 Å². The number of carboxylic acid groups (broad SMARTS) is 1. The summed E-state index contributed by atoms with van der Waals surface area (Å²) in [6, 6.07) is 104. The highest BCUT2D eigenvalue weighted by atomic mass is 16.5. The molecule has 8 N–H and O–H groups in total. The minimum atomic E-state index is -1.70. The topological polar surface area (TPSA) is 320 Å². The summed E-state index contributed by atoms with van der Waals surface area (Å²) in [5, 5.41) is 81.0. The molecule has 4 aromatic heterocycles. The number of benzene rings is 12. The van der Waals surface area contributed by atoms with Crippen molar-refractivity contribution in [2.45, 2.75) is 70.4 Å². The van der Waals surface area contributed by atoms with E-state index < -0.39 is 59.4 Å². The molecule has 0 aliphatic rings. The Morgan fingerprint density at radius 3 is 0.795 bits per heavy atom. The highest BCUT2D eigenvalue weighted by Gasteiger charge is 2.25. The van der Waals surface area contributed by atoms with Gasteiger partial charge in [0.25, 0.3) is 17.3 Å². The number of rotatable bonds is 28. The fourth-order valence-electron chi connectivity index (χ4n) is 15.5. The number of esters is 2. The van der Waals surface area contributed by atoms with Gasteiger partial charge in [-0.05, 0) is 124 Å². The maximum absolute atomic E-state index is 12.5. The zero-order chi connectivity index (χ0) is 89.6. The molecule has 0 radical (unpaired) electrons. The molecule has 16 aromatic rings. The predicted octanol–water partition coefficient (Wildman–Crippen LogP) is 18.5. The third-order valence-corrected chi connectivity index (χ3v) is 21.8. The number of ether oxygens (including phenoxy) is 2. The number of carboxylic acids is 1. The zero-order valence-corrected chi connectivity index (χ0v) is 69.7. The quantitative estimate of drug-likeness (QED) is 0.00564. The van der Waals surface area contributed by atoms with Gasteiger partial charge in [0.2, 0.25) is 0 Å². The molecule has 16 rings (SSSR count). The molecule has 21 heteroatoms. The van der Waals surface area contributed by atoms with Gasteiger partial charge in [-0.25, -0.2) is 14.4 Å². The van der Waals surface area contributed by atoms with Crippen molar-refractivity contribution in [1.82, 2.24) is 18.3 Å². The summed E-state index contributed by atoms with van der Waals surface area (Å²) in [6.07, 6.45) is 7.65. The third kappa shape index (κ3) is 22.4. The van der Waals surface area contributed by atoms with Crippen LogP contribution >= 0.6 is 0 Å². The first-order chi connectivity index (χ1) is 61.5. The molecule has 0 atom stereocenters. The van der Waals surface area contributed by atoms with E-state index in [-0.39, 0.29) is 45.6 Å². The van der Waals surface area contributed by atoms with Crippen molar-refractivity contribution < 1.29 is 83.9 Å². The molecule has 0 spiro atoms. The second-order valence-corrected chi connectivity index (χ2v) is 30.3. The van der Waals surface area contributed by atoms with Gasteiger partial charge in [-0.1, -0.05) is 267 Å². The molecule has 638 valence electrons. The lowest BCUT2D eigenvalue weighted by atomic mass is 9.85. The van der Waals surface area contributed by atoms with Gasteiger partial charge in [0.05, 0.1) is 14.2 Å². The van der Waals surface area contributed by atoms with E-state index in [2.05, 4.69) is 184 Å². The standard InChI is InChI=1S/C34H29NO4.C31H27NO.C21H19NO6.C20H17NO6/c1-39-34(38)33(37)21-32(36)30-23-35(22-24-11-5-2-6-12-24)31-18-17-25(20-29(30)31)19-28(26-13-7-3-8-14-26)27-15-9-4-10-16-27;1-23(33)30-22-32(21-24-11-5-2-6-12-24)31-18-17-25(20-29(30)31)19-28(26-13-7-3-8-14-26)27-15-9-4-10-16-27;1-28-21(27)19(24)10-18(23)16-12-22(11-13-5-3-2-4-6-13)17-8-7-14(20(25)26)9-15(16)17;22-17(9-18(23)20(26)27)15-11-21(10-12-4-2-1-3-5-12)16-7-6-13(19(24)25)8-14(15)16/h2-18,20-21,23,28,36H,19,22H2,1H3;2-18,20,22,28H,19,21H2,1H3;2-10,12,20,23,25-26H,11H2,1H3;1-9,11,19,22,24-25H,10H2,(H,26,27). The minimum absolute atomic E-state index is 0.103. The van der Waals surface area contributed by atoms with Crippen LogP contribution in [0.4, 0.5) is 0 Å². The van der Waals surface area contributed by atoms with Crippen LogP contribution in [0.15, 0.2) is 358 Å². The Kier molecular flexibility index (Phi) is 29.4. The van der Waals surface area contributed by atoms with E-state index in [1.807, 2.05) is 135 Å².